The van der Waals surface area contributed by atoms with Crippen LogP contribution in [-0.4, -0.2) is 21.0 Å². The van der Waals surface area contributed by atoms with E-state index in [4.69, 9.17) is 0 Å². The van der Waals surface area contributed by atoms with E-state index < -0.39 is 0 Å². The molecular weight excluding hydrogens is 350 g/mol. The van der Waals surface area contributed by atoms with Crippen LogP contribution >= 0.6 is 23.3 Å². The average Bonchev–Trinajstić information content (AvgIpc) is 3.09. The van der Waals surface area contributed by atoms with Gasteiger partial charge in [-0.15, -0.1) is 0 Å². The van der Waals surface area contributed by atoms with Crippen LogP contribution in [0.15, 0.2) is 65.8 Å². The van der Waals surface area contributed by atoms with E-state index in [9.17, 15) is 4.79 Å². The molecule has 0 aliphatic heterocycles. The van der Waals surface area contributed by atoms with Crippen LogP contribution in [0.3, 0.4) is 0 Å². The topological polar surface area (TPSA) is 54.9 Å². The Kier molecular flexibility index (Phi) is 6.19. The van der Waals surface area contributed by atoms with E-state index >= 15 is 0 Å². The summed E-state index contributed by atoms with van der Waals surface area (Å²) in [7, 11) is 0. The Bertz CT molecular complexity index is 766. The predicted octanol–water partition coefficient (Wildman–Crippen LogP) is 4.81. The van der Waals surface area contributed by atoms with E-state index in [1.54, 1.807) is 11.8 Å². The number of amides is 1. The number of thioether (sulfide) groups is 1. The second-order valence-corrected chi connectivity index (χ2v) is 7.29. The zero-order valence-electron chi connectivity index (χ0n) is 13.9. The molecule has 1 N–H and O–H groups in total. The summed E-state index contributed by atoms with van der Waals surface area (Å²) in [5.41, 5.74) is 1.91. The molecule has 1 aromatic heterocycles. The second-order valence-electron chi connectivity index (χ2n) is 5.47. The molecule has 0 aliphatic carbocycles. The van der Waals surface area contributed by atoms with Crippen molar-refractivity contribution in [3.63, 3.8) is 0 Å². The van der Waals surface area contributed by atoms with Crippen LogP contribution in [0.1, 0.15) is 30.4 Å². The van der Waals surface area contributed by atoms with Crippen LogP contribution in [0.5, 0.6) is 0 Å². The number of aromatic nitrogens is 2. The van der Waals surface area contributed by atoms with Crippen LogP contribution < -0.4 is 5.32 Å². The van der Waals surface area contributed by atoms with Gasteiger partial charge in [0, 0.05) is 17.3 Å². The molecule has 1 heterocycles. The minimum absolute atomic E-state index is 0.0967. The van der Waals surface area contributed by atoms with E-state index in [1.165, 1.54) is 11.5 Å². The van der Waals surface area contributed by atoms with Crippen LogP contribution in [0.4, 0.5) is 5.13 Å². The molecule has 0 saturated heterocycles. The molecule has 2 aromatic carbocycles. The third kappa shape index (κ3) is 4.67. The molecule has 25 heavy (non-hydrogen) atoms. The molecule has 3 aromatic rings. The van der Waals surface area contributed by atoms with Gasteiger partial charge in [0.15, 0.2) is 0 Å². The average molecular weight is 370 g/mol. The highest BCUT2D eigenvalue weighted by atomic mass is 32.2. The van der Waals surface area contributed by atoms with Crippen LogP contribution in [0, 0.1) is 0 Å². The fraction of sp³-hybridized carbons (Fsp3) is 0.211. The maximum atomic E-state index is 13.0. The predicted molar refractivity (Wildman–Crippen MR) is 104 cm³/mol. The van der Waals surface area contributed by atoms with Gasteiger partial charge < -0.3 is 0 Å². The number of anilines is 1. The van der Waals surface area contributed by atoms with Crippen molar-refractivity contribution in [1.82, 2.24) is 9.36 Å². The Labute approximate surface area is 155 Å². The van der Waals surface area contributed by atoms with E-state index in [0.29, 0.717) is 5.13 Å². The summed E-state index contributed by atoms with van der Waals surface area (Å²) in [6.07, 6.45) is 1.07. The molecule has 0 bridgehead atoms. The van der Waals surface area contributed by atoms with Gasteiger partial charge in [-0.3, -0.25) is 10.1 Å². The first-order chi connectivity index (χ1) is 12.3. The van der Waals surface area contributed by atoms with Crippen molar-refractivity contribution in [1.29, 1.82) is 0 Å². The van der Waals surface area contributed by atoms with Crippen molar-refractivity contribution in [2.45, 2.75) is 24.4 Å². The van der Waals surface area contributed by atoms with Gasteiger partial charge in [0.2, 0.25) is 16.2 Å². The van der Waals surface area contributed by atoms with Crippen molar-refractivity contribution in [3.05, 3.63) is 71.8 Å². The lowest BCUT2D eigenvalue weighted by Gasteiger charge is -2.16. The largest absolute Gasteiger partial charge is 0.300 e. The lowest BCUT2D eigenvalue weighted by molar-refractivity contribution is -0.116. The third-order valence-electron chi connectivity index (χ3n) is 3.60. The van der Waals surface area contributed by atoms with Crippen LogP contribution in [0.25, 0.3) is 0 Å². The first-order valence-electron chi connectivity index (χ1n) is 8.15. The van der Waals surface area contributed by atoms with Gasteiger partial charge in [-0.2, -0.15) is 9.36 Å². The van der Waals surface area contributed by atoms with Crippen molar-refractivity contribution in [2.24, 2.45) is 0 Å². The Morgan fingerprint density at radius 3 is 2.24 bits per heavy atom. The molecule has 3 rings (SSSR count). The van der Waals surface area contributed by atoms with Gasteiger partial charge in [-0.1, -0.05) is 79.3 Å². The first kappa shape index (κ1) is 17.6. The molecule has 0 spiro atoms. The van der Waals surface area contributed by atoms with Crippen molar-refractivity contribution in [3.8, 4) is 0 Å². The Balaban J connectivity index is 1.81. The van der Waals surface area contributed by atoms with Crippen LogP contribution in [-0.2, 0) is 4.79 Å². The highest BCUT2D eigenvalue weighted by Crippen LogP contribution is 2.27. The Morgan fingerprint density at radius 1 is 1.08 bits per heavy atom. The van der Waals surface area contributed by atoms with E-state index in [-0.39, 0.29) is 11.8 Å². The molecule has 128 valence electrons. The molecule has 0 unspecified atom stereocenters. The number of rotatable bonds is 7. The number of nitrogens with zero attached hydrogens (tertiary/aromatic N) is 2. The number of carbonyl (C=O) groups is 1. The highest BCUT2D eigenvalue weighted by molar-refractivity contribution is 7.99. The maximum Gasteiger partial charge on any atom is 0.238 e. The minimum atomic E-state index is -0.377. The number of nitrogens with one attached hydrogen (secondary N) is 1. The molecule has 0 atom stereocenters. The summed E-state index contributed by atoms with van der Waals surface area (Å²) < 4.78 is 4.29. The lowest BCUT2D eigenvalue weighted by atomic mass is 9.90. The van der Waals surface area contributed by atoms with Crippen molar-refractivity contribution < 1.29 is 4.79 Å². The van der Waals surface area contributed by atoms with E-state index in [0.717, 1.165) is 28.5 Å². The van der Waals surface area contributed by atoms with Crippen LogP contribution in [0.2, 0.25) is 0 Å². The summed E-state index contributed by atoms with van der Waals surface area (Å²) in [4.78, 5) is 17.4. The standard InChI is InChI=1S/C19H19N3OS2/c1-2-13-24-19-21-18(25-22-19)20-17(23)16(14-9-5-3-6-10-14)15-11-7-4-8-12-15/h3-12,16H,2,13H2,1H3,(H,20,21,22,23). The van der Waals surface area contributed by atoms with Gasteiger partial charge in [-0.05, 0) is 17.5 Å². The lowest BCUT2D eigenvalue weighted by Crippen LogP contribution is -2.22. The summed E-state index contributed by atoms with van der Waals surface area (Å²) in [6.45, 7) is 2.12. The molecule has 0 radical (unpaired) electrons. The quantitative estimate of drug-likeness (QED) is 0.607. The monoisotopic (exact) mass is 369 g/mol. The molecule has 6 heteroatoms. The highest BCUT2D eigenvalue weighted by Gasteiger charge is 2.23. The molecule has 0 saturated carbocycles. The minimum Gasteiger partial charge on any atom is -0.300 e. The van der Waals surface area contributed by atoms with E-state index in [2.05, 4.69) is 21.6 Å². The third-order valence-corrected chi connectivity index (χ3v) is 5.40. The van der Waals surface area contributed by atoms with Gasteiger partial charge in [0.05, 0.1) is 5.92 Å². The summed E-state index contributed by atoms with van der Waals surface area (Å²) >= 11 is 2.83. The Morgan fingerprint density at radius 2 is 1.68 bits per heavy atom. The SMILES string of the molecule is CCCSc1nsc(NC(=O)C(c2ccccc2)c2ccccc2)n1. The number of hydrogen-bond acceptors (Lipinski definition) is 5. The summed E-state index contributed by atoms with van der Waals surface area (Å²) in [5.74, 6) is 0.500. The molecule has 0 fully saturated rings. The molecule has 4 nitrogen and oxygen atoms in total. The molecule has 1 amide bonds. The van der Waals surface area contributed by atoms with Gasteiger partial charge in [0.1, 0.15) is 0 Å². The zero-order chi connectivity index (χ0) is 17.5. The van der Waals surface area contributed by atoms with E-state index in [1.807, 2.05) is 60.7 Å². The summed E-state index contributed by atoms with van der Waals surface area (Å²) in [5, 5.41) is 4.19. The first-order valence-corrected chi connectivity index (χ1v) is 9.91. The van der Waals surface area contributed by atoms with Crippen molar-refractivity contribution >= 4 is 34.3 Å². The van der Waals surface area contributed by atoms with Gasteiger partial charge in [0.25, 0.3) is 0 Å². The number of carbonyl (C=O) groups excluding carboxylic acids is 1. The van der Waals surface area contributed by atoms with Gasteiger partial charge >= 0.3 is 0 Å². The van der Waals surface area contributed by atoms with Gasteiger partial charge in [-0.25, -0.2) is 0 Å². The molecular formula is C19H19N3OS2. The van der Waals surface area contributed by atoms with Crippen molar-refractivity contribution in [2.75, 3.05) is 11.1 Å². The fourth-order valence-electron chi connectivity index (χ4n) is 2.48. The summed E-state index contributed by atoms with van der Waals surface area (Å²) in [6, 6.07) is 19.6. The number of hydrogen-bond donors (Lipinski definition) is 1. The maximum absolute atomic E-state index is 13.0. The Hall–Kier alpha value is -2.18. The normalized spacial score (nSPS) is 10.8. The smallest absolute Gasteiger partial charge is 0.238 e. The second kappa shape index (κ2) is 8.78. The fourth-order valence-corrected chi connectivity index (χ4v) is 3.88. The molecule has 0 aliphatic rings. The number of benzene rings is 2. The zero-order valence-corrected chi connectivity index (χ0v) is 15.5.